The lowest BCUT2D eigenvalue weighted by Gasteiger charge is -2.44. The number of thioether (sulfide) groups is 1. The molecule has 0 aromatic heterocycles. The van der Waals surface area contributed by atoms with Gasteiger partial charge in [0.15, 0.2) is 0 Å². The quantitative estimate of drug-likeness (QED) is 0.753. The van der Waals surface area contributed by atoms with Crippen LogP contribution in [0.25, 0.3) is 0 Å². The van der Waals surface area contributed by atoms with Crippen LogP contribution < -0.4 is 5.32 Å². The van der Waals surface area contributed by atoms with Gasteiger partial charge in [0.2, 0.25) is 5.91 Å². The van der Waals surface area contributed by atoms with Gasteiger partial charge in [0.25, 0.3) is 5.91 Å². The molecule has 7 nitrogen and oxygen atoms in total. The summed E-state index contributed by atoms with van der Waals surface area (Å²) in [6, 6.07) is 5.12. The van der Waals surface area contributed by atoms with Crippen molar-refractivity contribution in [1.82, 2.24) is 9.80 Å². The molecule has 1 fully saturated rings. The topological polar surface area (TPSA) is 79.0 Å². The number of amides is 3. The van der Waals surface area contributed by atoms with Gasteiger partial charge in [0.05, 0.1) is 10.9 Å². The van der Waals surface area contributed by atoms with Crippen LogP contribution in [0.2, 0.25) is 0 Å². The summed E-state index contributed by atoms with van der Waals surface area (Å²) >= 11 is 1.49. The smallest absolute Gasteiger partial charge is 0.410 e. The summed E-state index contributed by atoms with van der Waals surface area (Å²) in [4.78, 5) is 42.1. The molecule has 0 bridgehead atoms. The molecule has 0 saturated carbocycles. The van der Waals surface area contributed by atoms with Crippen molar-refractivity contribution < 1.29 is 19.1 Å². The lowest BCUT2D eigenvalue weighted by atomic mass is 10.0. The number of fused-ring (bicyclic) bond motifs is 1. The van der Waals surface area contributed by atoms with Crippen molar-refractivity contribution in [2.45, 2.75) is 69.4 Å². The van der Waals surface area contributed by atoms with Crippen molar-refractivity contribution in [3.63, 3.8) is 0 Å². The molecule has 1 aromatic carbocycles. The van der Waals surface area contributed by atoms with Crippen molar-refractivity contribution >= 4 is 35.4 Å². The molecule has 8 heteroatoms. The van der Waals surface area contributed by atoms with Crippen LogP contribution >= 0.6 is 11.8 Å². The molecule has 0 aliphatic carbocycles. The number of carbonyl (C=O) groups excluding carboxylic acids is 3. The molecule has 2 heterocycles. The molecular formula is C21H29N3O4S. The average molecular weight is 420 g/mol. The second-order valence-corrected chi connectivity index (χ2v) is 10.1. The van der Waals surface area contributed by atoms with E-state index in [0.29, 0.717) is 24.3 Å². The van der Waals surface area contributed by atoms with E-state index in [1.165, 1.54) is 11.8 Å². The van der Waals surface area contributed by atoms with E-state index in [0.717, 1.165) is 4.90 Å². The van der Waals surface area contributed by atoms with Gasteiger partial charge in [-0.2, -0.15) is 0 Å². The van der Waals surface area contributed by atoms with Crippen molar-refractivity contribution in [2.24, 2.45) is 0 Å². The fraction of sp³-hybridized carbons (Fsp3) is 0.571. The number of piperazine rings is 1. The first kappa shape index (κ1) is 21.5. The molecular weight excluding hydrogens is 390 g/mol. The number of hydrogen-bond donors (Lipinski definition) is 1. The third-order valence-corrected chi connectivity index (χ3v) is 6.14. The van der Waals surface area contributed by atoms with E-state index >= 15 is 0 Å². The Morgan fingerprint density at radius 1 is 1.14 bits per heavy atom. The second kappa shape index (κ2) is 7.89. The van der Waals surface area contributed by atoms with Gasteiger partial charge in [-0.1, -0.05) is 0 Å². The molecule has 0 unspecified atom stereocenters. The fourth-order valence-electron chi connectivity index (χ4n) is 3.69. The Balaban J connectivity index is 1.74. The van der Waals surface area contributed by atoms with E-state index < -0.39 is 5.60 Å². The zero-order valence-electron chi connectivity index (χ0n) is 17.8. The number of benzene rings is 1. The van der Waals surface area contributed by atoms with Crippen LogP contribution in [0.4, 0.5) is 10.5 Å². The minimum atomic E-state index is -0.556. The van der Waals surface area contributed by atoms with Gasteiger partial charge in [-0.15, -0.1) is 11.8 Å². The van der Waals surface area contributed by atoms with Crippen LogP contribution in [0, 0.1) is 0 Å². The van der Waals surface area contributed by atoms with Gasteiger partial charge in [0.1, 0.15) is 5.60 Å². The van der Waals surface area contributed by atoms with Gasteiger partial charge in [-0.3, -0.25) is 9.59 Å². The van der Waals surface area contributed by atoms with E-state index in [2.05, 4.69) is 5.32 Å². The fourth-order valence-corrected chi connectivity index (χ4v) is 4.62. The zero-order valence-corrected chi connectivity index (χ0v) is 18.6. The van der Waals surface area contributed by atoms with Crippen molar-refractivity contribution in [2.75, 3.05) is 18.4 Å². The predicted octanol–water partition coefficient (Wildman–Crippen LogP) is 3.59. The van der Waals surface area contributed by atoms with Crippen molar-refractivity contribution in [3.8, 4) is 0 Å². The Labute approximate surface area is 176 Å². The third-order valence-electron chi connectivity index (χ3n) is 4.96. The monoisotopic (exact) mass is 419 g/mol. The number of carbonyl (C=O) groups is 3. The summed E-state index contributed by atoms with van der Waals surface area (Å²) in [5.41, 5.74) is 0.653. The summed E-state index contributed by atoms with van der Waals surface area (Å²) in [6.07, 6.45) is -0.356. The highest BCUT2D eigenvalue weighted by molar-refractivity contribution is 8.00. The lowest BCUT2D eigenvalue weighted by molar-refractivity contribution is -0.115. The maximum atomic E-state index is 13.2. The van der Waals surface area contributed by atoms with E-state index in [1.54, 1.807) is 17.0 Å². The zero-order chi connectivity index (χ0) is 21.5. The maximum Gasteiger partial charge on any atom is 0.410 e. The maximum absolute atomic E-state index is 13.2. The molecule has 2 aliphatic heterocycles. The summed E-state index contributed by atoms with van der Waals surface area (Å²) in [7, 11) is 0. The molecule has 3 amide bonds. The largest absolute Gasteiger partial charge is 0.444 e. The number of nitrogens with zero attached hydrogens (tertiary/aromatic N) is 2. The Hall–Kier alpha value is -2.22. The van der Waals surface area contributed by atoms with Crippen LogP contribution in [0.3, 0.4) is 0 Å². The Morgan fingerprint density at radius 3 is 2.34 bits per heavy atom. The molecule has 29 heavy (non-hydrogen) atoms. The van der Waals surface area contributed by atoms with Crippen LogP contribution in [0.15, 0.2) is 23.1 Å². The summed E-state index contributed by atoms with van der Waals surface area (Å²) < 4.78 is 5.48. The van der Waals surface area contributed by atoms with Crippen LogP contribution in [0.1, 0.15) is 51.9 Å². The number of hydrogen-bond acceptors (Lipinski definition) is 5. The van der Waals surface area contributed by atoms with Crippen molar-refractivity contribution in [3.05, 3.63) is 23.8 Å². The summed E-state index contributed by atoms with van der Waals surface area (Å²) in [6.45, 7) is 12.1. The van der Waals surface area contributed by atoms with E-state index in [1.807, 2.05) is 52.5 Å². The first-order chi connectivity index (χ1) is 13.5. The number of nitrogens with one attached hydrogen (secondary N) is 1. The Morgan fingerprint density at radius 2 is 1.76 bits per heavy atom. The summed E-state index contributed by atoms with van der Waals surface area (Å²) in [5, 5.41) is 2.73. The van der Waals surface area contributed by atoms with Gasteiger partial charge < -0.3 is 19.9 Å². The molecule has 0 spiro atoms. The van der Waals surface area contributed by atoms with Gasteiger partial charge in [-0.25, -0.2) is 4.79 Å². The number of rotatable bonds is 1. The highest BCUT2D eigenvalue weighted by Gasteiger charge is 2.37. The molecule has 2 aliphatic rings. The Kier molecular flexibility index (Phi) is 5.85. The number of ether oxygens (including phenoxy) is 1. The second-order valence-electron chi connectivity index (χ2n) is 8.76. The Bertz CT molecular complexity index is 824. The van der Waals surface area contributed by atoms with Crippen molar-refractivity contribution in [1.29, 1.82) is 0 Å². The normalized spacial score (nSPS) is 24.6. The molecule has 3 atom stereocenters. The van der Waals surface area contributed by atoms with E-state index in [-0.39, 0.29) is 35.2 Å². The molecule has 158 valence electrons. The predicted molar refractivity (Wildman–Crippen MR) is 113 cm³/mol. The highest BCUT2D eigenvalue weighted by atomic mass is 32.2. The van der Waals surface area contributed by atoms with Crippen LogP contribution in [-0.2, 0) is 9.53 Å². The first-order valence-electron chi connectivity index (χ1n) is 9.88. The third kappa shape index (κ3) is 4.69. The minimum Gasteiger partial charge on any atom is -0.444 e. The molecule has 1 N–H and O–H groups in total. The SMILES string of the molecule is C[C@@H]1Sc2ccc(C(=O)N3[C@H](C)CN(C(=O)OC(C)(C)C)C[C@@H]3C)cc2NC1=O. The van der Waals surface area contributed by atoms with E-state index in [9.17, 15) is 14.4 Å². The van der Waals surface area contributed by atoms with Gasteiger partial charge >= 0.3 is 6.09 Å². The molecule has 1 saturated heterocycles. The average Bonchev–Trinajstić information content (AvgIpc) is 2.60. The lowest BCUT2D eigenvalue weighted by Crippen LogP contribution is -2.60. The molecule has 0 radical (unpaired) electrons. The minimum absolute atomic E-state index is 0.0557. The van der Waals surface area contributed by atoms with Gasteiger partial charge in [0, 0.05) is 35.6 Å². The highest BCUT2D eigenvalue weighted by Crippen LogP contribution is 2.36. The van der Waals surface area contributed by atoms with Crippen LogP contribution in [-0.4, -0.2) is 63.7 Å². The first-order valence-corrected chi connectivity index (χ1v) is 10.8. The van der Waals surface area contributed by atoms with Gasteiger partial charge in [-0.05, 0) is 59.7 Å². The molecule has 3 rings (SSSR count). The number of anilines is 1. The van der Waals surface area contributed by atoms with Crippen LogP contribution in [0.5, 0.6) is 0 Å². The molecule has 1 aromatic rings. The standard InChI is InChI=1S/C21H29N3O4S/c1-12-10-23(20(27)28-21(4,5)6)11-13(2)24(12)19(26)15-7-8-17-16(9-15)22-18(25)14(3)29-17/h7-9,12-14H,10-11H2,1-6H3,(H,22,25)/t12-,13+,14-/m0/s1. The van der Waals surface area contributed by atoms with E-state index in [4.69, 9.17) is 4.74 Å². The summed E-state index contributed by atoms with van der Waals surface area (Å²) in [5.74, 6) is -0.158.